The summed E-state index contributed by atoms with van der Waals surface area (Å²) < 4.78 is 41.0. The first kappa shape index (κ1) is 17.6. The highest BCUT2D eigenvalue weighted by Crippen LogP contribution is 2.26. The number of rotatable bonds is 6. The topological polar surface area (TPSA) is 114 Å². The van der Waals surface area contributed by atoms with E-state index in [1.54, 1.807) is 48.3 Å². The van der Waals surface area contributed by atoms with E-state index in [4.69, 9.17) is 0 Å². The zero-order valence-corrected chi connectivity index (χ0v) is 14.7. The second-order valence-corrected chi connectivity index (χ2v) is 7.18. The molecular weight excluding hydrogens is 361 g/mol. The molecule has 0 aliphatic rings. The largest absolute Gasteiger partial charge is 0.336 e. The van der Waals surface area contributed by atoms with Gasteiger partial charge in [0.05, 0.1) is 23.8 Å². The third-order valence-corrected chi connectivity index (χ3v) is 3.76. The molecule has 0 bridgehead atoms. The molecule has 9 nitrogen and oxygen atoms in total. The lowest BCUT2D eigenvalue weighted by Crippen LogP contribution is -2.11. The number of para-hydroxylation sites is 2. The summed E-state index contributed by atoms with van der Waals surface area (Å²) in [7, 11) is -1.73. The summed E-state index contributed by atoms with van der Waals surface area (Å²) in [6.45, 7) is 0. The Balaban J connectivity index is 1.87. The van der Waals surface area contributed by atoms with Crippen LogP contribution in [0.25, 0.3) is 0 Å². The Bertz CT molecular complexity index is 1040. The van der Waals surface area contributed by atoms with Crippen molar-refractivity contribution < 1.29 is 12.8 Å². The van der Waals surface area contributed by atoms with Crippen LogP contribution < -0.4 is 15.4 Å². The molecule has 26 heavy (non-hydrogen) atoms. The Morgan fingerprint density at radius 2 is 1.85 bits per heavy atom. The molecule has 3 rings (SSSR count). The fourth-order valence-electron chi connectivity index (χ4n) is 2.12. The number of aryl methyl sites for hydroxylation is 1. The van der Waals surface area contributed by atoms with Gasteiger partial charge < -0.3 is 10.6 Å². The number of nitrogens with one attached hydrogen (secondary N) is 3. The average Bonchev–Trinajstić information content (AvgIpc) is 2.96. The van der Waals surface area contributed by atoms with Gasteiger partial charge in [-0.25, -0.2) is 17.8 Å². The molecule has 0 radical (unpaired) electrons. The Morgan fingerprint density at radius 1 is 1.12 bits per heavy atom. The summed E-state index contributed by atoms with van der Waals surface area (Å²) in [5, 5.41) is 9.77. The quantitative estimate of drug-likeness (QED) is 0.603. The molecule has 2 heterocycles. The van der Waals surface area contributed by atoms with Gasteiger partial charge in [0, 0.05) is 19.3 Å². The van der Waals surface area contributed by atoms with Crippen molar-refractivity contribution in [2.45, 2.75) is 0 Å². The third kappa shape index (κ3) is 4.45. The number of hydrogen-bond acceptors (Lipinski definition) is 7. The van der Waals surface area contributed by atoms with Crippen LogP contribution in [0, 0.1) is 5.82 Å². The molecular formula is C15H16FN7O2S. The van der Waals surface area contributed by atoms with Crippen molar-refractivity contribution in [3.05, 3.63) is 48.5 Å². The summed E-state index contributed by atoms with van der Waals surface area (Å²) in [5.74, 6) is -0.155. The molecule has 0 spiro atoms. The SMILES string of the molecule is Cn1ccc(Nc2ncc(F)c(Nc3ccccc3NS(C)(=O)=O)n2)n1. The van der Waals surface area contributed by atoms with Gasteiger partial charge >= 0.3 is 0 Å². The monoisotopic (exact) mass is 377 g/mol. The summed E-state index contributed by atoms with van der Waals surface area (Å²) in [6, 6.07) is 8.20. The zero-order valence-electron chi connectivity index (χ0n) is 13.9. The summed E-state index contributed by atoms with van der Waals surface area (Å²) in [4.78, 5) is 7.94. The minimum atomic E-state index is -3.49. The van der Waals surface area contributed by atoms with E-state index in [2.05, 4.69) is 30.4 Å². The van der Waals surface area contributed by atoms with Gasteiger partial charge in [-0.05, 0) is 12.1 Å². The smallest absolute Gasteiger partial charge is 0.230 e. The zero-order chi connectivity index (χ0) is 18.7. The van der Waals surface area contributed by atoms with Crippen LogP contribution in [0.3, 0.4) is 0 Å². The highest BCUT2D eigenvalue weighted by atomic mass is 32.2. The molecule has 0 saturated carbocycles. The van der Waals surface area contributed by atoms with Crippen LogP contribution in [0.2, 0.25) is 0 Å². The molecule has 0 aliphatic heterocycles. The van der Waals surface area contributed by atoms with Crippen molar-refractivity contribution >= 4 is 39.0 Å². The van der Waals surface area contributed by atoms with E-state index in [0.717, 1.165) is 12.5 Å². The van der Waals surface area contributed by atoms with Gasteiger partial charge in [0.25, 0.3) is 0 Å². The van der Waals surface area contributed by atoms with Gasteiger partial charge in [0.1, 0.15) is 0 Å². The second kappa shape index (κ2) is 6.96. The Labute approximate surface area is 149 Å². The molecule has 136 valence electrons. The van der Waals surface area contributed by atoms with E-state index >= 15 is 0 Å². The van der Waals surface area contributed by atoms with Gasteiger partial charge in [0.2, 0.25) is 16.0 Å². The fourth-order valence-corrected chi connectivity index (χ4v) is 2.70. The lowest BCUT2D eigenvalue weighted by atomic mass is 10.2. The minimum absolute atomic E-state index is 0.110. The van der Waals surface area contributed by atoms with Crippen molar-refractivity contribution in [2.75, 3.05) is 21.6 Å². The second-order valence-electron chi connectivity index (χ2n) is 5.43. The fraction of sp³-hybridized carbons (Fsp3) is 0.133. The Hall–Kier alpha value is -3.21. The van der Waals surface area contributed by atoms with E-state index in [0.29, 0.717) is 11.5 Å². The molecule has 0 amide bonds. The predicted octanol–water partition coefficient (Wildman–Crippen LogP) is 2.21. The average molecular weight is 377 g/mol. The Morgan fingerprint density at radius 3 is 2.50 bits per heavy atom. The first-order chi connectivity index (χ1) is 12.3. The van der Waals surface area contributed by atoms with E-state index in [1.165, 1.54) is 0 Å². The number of aromatic nitrogens is 4. The van der Waals surface area contributed by atoms with Gasteiger partial charge in [-0.1, -0.05) is 12.1 Å². The first-order valence-corrected chi connectivity index (χ1v) is 9.32. The first-order valence-electron chi connectivity index (χ1n) is 7.43. The minimum Gasteiger partial charge on any atom is -0.336 e. The van der Waals surface area contributed by atoms with Gasteiger partial charge in [-0.15, -0.1) is 0 Å². The molecule has 1 aromatic carbocycles. The van der Waals surface area contributed by atoms with Crippen LogP contribution in [0.15, 0.2) is 42.7 Å². The predicted molar refractivity (Wildman–Crippen MR) is 96.7 cm³/mol. The normalized spacial score (nSPS) is 11.2. The third-order valence-electron chi connectivity index (χ3n) is 3.17. The highest BCUT2D eigenvalue weighted by Gasteiger charge is 2.12. The molecule has 3 N–H and O–H groups in total. The molecule has 11 heteroatoms. The van der Waals surface area contributed by atoms with Crippen molar-refractivity contribution in [1.29, 1.82) is 0 Å². The van der Waals surface area contributed by atoms with Crippen LogP contribution in [-0.4, -0.2) is 34.4 Å². The van der Waals surface area contributed by atoms with Gasteiger partial charge in [-0.3, -0.25) is 9.40 Å². The van der Waals surface area contributed by atoms with Crippen LogP contribution in [0.1, 0.15) is 0 Å². The molecule has 0 aliphatic carbocycles. The number of nitrogens with zero attached hydrogens (tertiary/aromatic N) is 4. The lowest BCUT2D eigenvalue weighted by Gasteiger charge is -2.13. The highest BCUT2D eigenvalue weighted by molar-refractivity contribution is 7.92. The number of anilines is 5. The number of halogens is 1. The standard InChI is InChI=1S/C15H16FN7O2S/c1-23-8-7-13(21-23)19-15-17-9-10(16)14(20-15)18-11-5-3-4-6-12(11)22-26(2,24)25/h3-9,22H,1-2H3,(H2,17,18,19,20,21). The van der Waals surface area contributed by atoms with Crippen LogP contribution in [0.4, 0.5) is 33.3 Å². The van der Waals surface area contributed by atoms with Gasteiger partial charge in [-0.2, -0.15) is 10.1 Å². The maximum absolute atomic E-state index is 14.1. The summed E-state index contributed by atoms with van der Waals surface area (Å²) in [6.07, 6.45) is 3.77. The summed E-state index contributed by atoms with van der Waals surface area (Å²) >= 11 is 0. The van der Waals surface area contributed by atoms with Crippen LogP contribution in [-0.2, 0) is 17.1 Å². The van der Waals surface area contributed by atoms with Crippen molar-refractivity contribution in [1.82, 2.24) is 19.7 Å². The van der Waals surface area contributed by atoms with E-state index in [9.17, 15) is 12.8 Å². The van der Waals surface area contributed by atoms with Crippen molar-refractivity contribution in [3.8, 4) is 0 Å². The maximum atomic E-state index is 14.1. The Kier molecular flexibility index (Phi) is 4.71. The molecule has 3 aromatic rings. The van der Waals surface area contributed by atoms with Crippen molar-refractivity contribution in [3.63, 3.8) is 0 Å². The van der Waals surface area contributed by atoms with E-state index < -0.39 is 15.8 Å². The molecule has 0 saturated heterocycles. The molecule has 0 unspecified atom stereocenters. The number of sulfonamides is 1. The van der Waals surface area contributed by atoms with Crippen LogP contribution >= 0.6 is 0 Å². The van der Waals surface area contributed by atoms with Gasteiger partial charge in [0.15, 0.2) is 17.5 Å². The molecule has 0 atom stereocenters. The summed E-state index contributed by atoms with van der Waals surface area (Å²) in [5.41, 5.74) is 0.617. The van der Waals surface area contributed by atoms with E-state index in [1.807, 2.05) is 0 Å². The maximum Gasteiger partial charge on any atom is 0.230 e. The number of benzene rings is 1. The number of hydrogen-bond donors (Lipinski definition) is 3. The molecule has 0 fully saturated rings. The molecule has 2 aromatic heterocycles. The van der Waals surface area contributed by atoms with E-state index in [-0.39, 0.29) is 17.5 Å². The lowest BCUT2D eigenvalue weighted by molar-refractivity contribution is 0.607. The van der Waals surface area contributed by atoms with Crippen molar-refractivity contribution in [2.24, 2.45) is 7.05 Å². The van der Waals surface area contributed by atoms with Crippen LogP contribution in [0.5, 0.6) is 0 Å².